The number of methoxy groups -OCH3 is 1. The van der Waals surface area contributed by atoms with E-state index in [1.54, 1.807) is 24.3 Å². The highest BCUT2D eigenvalue weighted by Gasteiger charge is 2.31. The van der Waals surface area contributed by atoms with Crippen molar-refractivity contribution in [2.75, 3.05) is 25.2 Å². The van der Waals surface area contributed by atoms with Gasteiger partial charge in [-0.25, -0.2) is 17.5 Å². The van der Waals surface area contributed by atoms with Gasteiger partial charge < -0.3 is 14.6 Å². The van der Waals surface area contributed by atoms with Crippen LogP contribution in [-0.4, -0.2) is 50.6 Å². The number of phenols is 1. The van der Waals surface area contributed by atoms with E-state index in [4.69, 9.17) is 9.47 Å². The number of nitrogens with one attached hydrogen (secondary N) is 1. The number of ether oxygens (including phenoxy) is 2. The molecule has 12 heteroatoms. The van der Waals surface area contributed by atoms with Gasteiger partial charge in [-0.05, 0) is 67.1 Å². The van der Waals surface area contributed by atoms with Crippen LogP contribution < -0.4 is 14.4 Å². The van der Waals surface area contributed by atoms with Crippen LogP contribution in [0.1, 0.15) is 38.6 Å². The summed E-state index contributed by atoms with van der Waals surface area (Å²) in [5, 5.41) is 11.5. The third kappa shape index (κ3) is 5.67. The maximum absolute atomic E-state index is 14.1. The number of benzene rings is 3. The summed E-state index contributed by atoms with van der Waals surface area (Å²) in [5.41, 5.74) is 1.11. The van der Waals surface area contributed by atoms with Crippen molar-refractivity contribution in [3.63, 3.8) is 0 Å². The zero-order valence-corrected chi connectivity index (χ0v) is 23.2. The summed E-state index contributed by atoms with van der Waals surface area (Å²) in [7, 11) is -3.00. The van der Waals surface area contributed by atoms with E-state index in [0.717, 1.165) is 12.1 Å². The highest BCUT2D eigenvalue weighted by atomic mass is 32.2. The topological polar surface area (TPSA) is 135 Å². The van der Waals surface area contributed by atoms with E-state index in [9.17, 15) is 27.5 Å². The first-order valence-electron chi connectivity index (χ1n) is 12.8. The van der Waals surface area contributed by atoms with Gasteiger partial charge in [-0.1, -0.05) is 12.1 Å². The Bertz CT molecular complexity index is 1730. The van der Waals surface area contributed by atoms with Crippen LogP contribution in [0.2, 0.25) is 0 Å². The third-order valence-corrected chi connectivity index (χ3v) is 8.17. The Balaban J connectivity index is 1.52. The largest absolute Gasteiger partial charge is 0.505 e. The average molecular weight is 592 g/mol. The number of rotatable bonds is 8. The number of aromatic hydroxyl groups is 1. The Morgan fingerprint density at radius 2 is 1.81 bits per heavy atom. The maximum Gasteiger partial charge on any atom is 0.267 e. The minimum absolute atomic E-state index is 0.0600. The Morgan fingerprint density at radius 3 is 2.45 bits per heavy atom. The highest BCUT2D eigenvalue weighted by molar-refractivity contribution is 7.90. The molecule has 1 saturated heterocycles. The first-order chi connectivity index (χ1) is 20.2. The van der Waals surface area contributed by atoms with Crippen molar-refractivity contribution in [1.29, 1.82) is 0 Å². The molecule has 0 unspecified atom stereocenters. The van der Waals surface area contributed by atoms with Gasteiger partial charge in [0.05, 0.1) is 25.0 Å². The molecule has 0 saturated carbocycles. The van der Waals surface area contributed by atoms with Crippen LogP contribution >= 0.6 is 0 Å². The van der Waals surface area contributed by atoms with Crippen molar-refractivity contribution in [1.82, 2.24) is 9.71 Å². The third-order valence-electron chi connectivity index (χ3n) is 6.81. The van der Waals surface area contributed by atoms with E-state index in [2.05, 4.69) is 4.98 Å². The molecule has 3 aromatic carbocycles. The van der Waals surface area contributed by atoms with E-state index in [0.29, 0.717) is 30.9 Å². The molecule has 0 spiro atoms. The fourth-order valence-corrected chi connectivity index (χ4v) is 5.79. The molecule has 0 aliphatic carbocycles. The number of carbonyl (C=O) groups excluding carboxylic acids is 2. The molecule has 1 aliphatic heterocycles. The molecule has 42 heavy (non-hydrogen) atoms. The van der Waals surface area contributed by atoms with Crippen LogP contribution in [0.3, 0.4) is 0 Å². The first kappa shape index (κ1) is 28.7. The summed E-state index contributed by atoms with van der Waals surface area (Å²) in [6.07, 6.45) is 3.56. The van der Waals surface area contributed by atoms with Gasteiger partial charge in [-0.15, -0.1) is 0 Å². The Labute approximate surface area is 241 Å². The summed E-state index contributed by atoms with van der Waals surface area (Å²) in [6.45, 7) is 0.898. The lowest BCUT2D eigenvalue weighted by Gasteiger charge is -2.26. The second-order valence-corrected chi connectivity index (χ2v) is 11.1. The fraction of sp³-hybridized carbons (Fsp3) is 0.167. The van der Waals surface area contributed by atoms with Gasteiger partial charge in [0.2, 0.25) is 0 Å². The standard InChI is InChI=1S/C30H26FN3O7S/c1-40-25-13-12-24(28(35)27(25)21-14-16-41-18-21)34(30(37)20-5-4-15-32-17-20)22-10-8-19(9-11-22)29(36)33-42(38,39)26-7-3-2-6-23(26)31/h2-13,15,17,21,35H,14,16,18H2,1H3,(H,33,36)/t21-/m0/s1. The summed E-state index contributed by atoms with van der Waals surface area (Å²) < 4.78 is 52.1. The molecule has 1 aliphatic rings. The van der Waals surface area contributed by atoms with Crippen LogP contribution in [-0.2, 0) is 14.8 Å². The van der Waals surface area contributed by atoms with Gasteiger partial charge in [-0.3, -0.25) is 19.5 Å². The van der Waals surface area contributed by atoms with E-state index in [1.165, 1.54) is 60.8 Å². The second-order valence-electron chi connectivity index (χ2n) is 9.40. The van der Waals surface area contributed by atoms with Gasteiger partial charge in [0.1, 0.15) is 22.2 Å². The van der Waals surface area contributed by atoms with Crippen LogP contribution in [0.25, 0.3) is 0 Å². The number of nitrogens with zero attached hydrogens (tertiary/aromatic N) is 2. The Kier molecular flexibility index (Phi) is 8.18. The molecule has 2 heterocycles. The minimum atomic E-state index is -4.48. The molecule has 4 aromatic rings. The molecule has 2 amide bonds. The van der Waals surface area contributed by atoms with Crippen molar-refractivity contribution >= 4 is 33.2 Å². The van der Waals surface area contributed by atoms with Crippen molar-refractivity contribution < 1.29 is 37.0 Å². The molecule has 1 fully saturated rings. The number of anilines is 2. The van der Waals surface area contributed by atoms with Crippen LogP contribution in [0.5, 0.6) is 11.5 Å². The maximum atomic E-state index is 14.1. The fourth-order valence-electron chi connectivity index (χ4n) is 4.74. The predicted molar refractivity (Wildman–Crippen MR) is 151 cm³/mol. The summed E-state index contributed by atoms with van der Waals surface area (Å²) in [6, 6.07) is 16.6. The number of carbonyl (C=O) groups is 2. The number of sulfonamides is 1. The molecular weight excluding hydrogens is 565 g/mol. The van der Waals surface area contributed by atoms with E-state index in [-0.39, 0.29) is 34.2 Å². The van der Waals surface area contributed by atoms with Gasteiger partial charge in [0.15, 0.2) is 0 Å². The van der Waals surface area contributed by atoms with E-state index < -0.39 is 32.6 Å². The van der Waals surface area contributed by atoms with E-state index >= 15 is 0 Å². The number of phenolic OH excluding ortho intramolecular Hbond substituents is 1. The van der Waals surface area contributed by atoms with Crippen LogP contribution in [0.15, 0.2) is 90.1 Å². The monoisotopic (exact) mass is 591 g/mol. The van der Waals surface area contributed by atoms with Crippen molar-refractivity contribution in [2.24, 2.45) is 0 Å². The lowest BCUT2D eigenvalue weighted by Crippen LogP contribution is -2.31. The summed E-state index contributed by atoms with van der Waals surface area (Å²) >= 11 is 0. The molecule has 10 nitrogen and oxygen atoms in total. The molecule has 1 atom stereocenters. The summed E-state index contributed by atoms with van der Waals surface area (Å²) in [4.78, 5) is 31.2. The zero-order chi connectivity index (χ0) is 29.9. The Morgan fingerprint density at radius 1 is 1.05 bits per heavy atom. The Hall–Kier alpha value is -4.81. The average Bonchev–Trinajstić information content (AvgIpc) is 3.53. The zero-order valence-electron chi connectivity index (χ0n) is 22.4. The van der Waals surface area contributed by atoms with Crippen molar-refractivity contribution in [2.45, 2.75) is 17.2 Å². The lowest BCUT2D eigenvalue weighted by atomic mass is 9.95. The summed E-state index contributed by atoms with van der Waals surface area (Å²) in [5.74, 6) is -2.39. The molecule has 1 aromatic heterocycles. The number of pyridine rings is 1. The first-order valence-corrected chi connectivity index (χ1v) is 14.3. The van der Waals surface area contributed by atoms with Crippen LogP contribution in [0.4, 0.5) is 15.8 Å². The molecule has 2 N–H and O–H groups in total. The molecule has 0 radical (unpaired) electrons. The van der Waals surface area contributed by atoms with Crippen LogP contribution in [0, 0.1) is 5.82 Å². The quantitative estimate of drug-likeness (QED) is 0.305. The molecular formula is C30H26FN3O7S. The number of aromatic nitrogens is 1. The van der Waals surface area contributed by atoms with Gasteiger partial charge in [-0.2, -0.15) is 0 Å². The highest BCUT2D eigenvalue weighted by Crippen LogP contribution is 2.46. The lowest BCUT2D eigenvalue weighted by molar-refractivity contribution is 0.0979. The number of halogens is 1. The van der Waals surface area contributed by atoms with Crippen molar-refractivity contribution in [3.8, 4) is 11.5 Å². The molecule has 216 valence electrons. The minimum Gasteiger partial charge on any atom is -0.505 e. The smallest absolute Gasteiger partial charge is 0.267 e. The van der Waals surface area contributed by atoms with E-state index in [1.807, 2.05) is 4.72 Å². The van der Waals surface area contributed by atoms with Gasteiger partial charge in [0.25, 0.3) is 21.8 Å². The number of hydrogen-bond donors (Lipinski definition) is 2. The predicted octanol–water partition coefficient (Wildman–Crippen LogP) is 4.54. The van der Waals surface area contributed by atoms with Crippen molar-refractivity contribution in [3.05, 3.63) is 108 Å². The number of amides is 2. The number of hydrogen-bond acceptors (Lipinski definition) is 8. The van der Waals surface area contributed by atoms with Gasteiger partial charge in [0, 0.05) is 41.7 Å². The SMILES string of the molecule is COc1ccc(N(C(=O)c2cccnc2)c2ccc(C(=O)NS(=O)(=O)c3ccccc3F)cc2)c(O)c1[C@H]1CCOC1. The molecule has 5 rings (SSSR count). The molecule has 0 bridgehead atoms. The second kappa shape index (κ2) is 12.0. The normalized spacial score (nSPS) is 14.8. The van der Waals surface area contributed by atoms with Gasteiger partial charge >= 0.3 is 0 Å².